The number of carboxylic acids is 1. The Kier molecular flexibility index (Phi) is 9.12. The van der Waals surface area contributed by atoms with Crippen molar-refractivity contribution in [1.82, 2.24) is 9.80 Å². The molecule has 140 valence electrons. The molecule has 0 saturated carbocycles. The third-order valence-corrected chi connectivity index (χ3v) is 2.93. The van der Waals surface area contributed by atoms with Crippen LogP contribution in [0.5, 0.6) is 0 Å². The first-order valence-electron chi connectivity index (χ1n) is 7.67. The molecule has 0 aromatic carbocycles. The summed E-state index contributed by atoms with van der Waals surface area (Å²) in [7, 11) is 2.98. The fourth-order valence-electron chi connectivity index (χ4n) is 1.54. The van der Waals surface area contributed by atoms with Crippen LogP contribution in [0.15, 0.2) is 0 Å². The second-order valence-corrected chi connectivity index (χ2v) is 6.40. The normalized spacial score (nSPS) is 12.2. The van der Waals surface area contributed by atoms with Gasteiger partial charge < -0.3 is 29.5 Å². The highest BCUT2D eigenvalue weighted by Crippen LogP contribution is 2.09. The first-order valence-corrected chi connectivity index (χ1v) is 7.67. The molecule has 0 aliphatic heterocycles. The minimum Gasteiger partial charge on any atom is -0.479 e. The number of rotatable bonds is 8. The van der Waals surface area contributed by atoms with Gasteiger partial charge in [-0.15, -0.1) is 0 Å². The van der Waals surface area contributed by atoms with E-state index in [1.807, 2.05) is 0 Å². The summed E-state index contributed by atoms with van der Waals surface area (Å²) in [4.78, 5) is 37.2. The molecule has 0 aromatic heterocycles. The molecule has 0 bridgehead atoms. The number of aliphatic hydroxyl groups excluding tert-OH is 1. The summed E-state index contributed by atoms with van der Waals surface area (Å²) in [5.41, 5.74) is -0.614. The molecular weight excluding hydrogens is 320 g/mol. The zero-order chi connectivity index (χ0) is 18.9. The van der Waals surface area contributed by atoms with Crippen LogP contribution in [-0.4, -0.2) is 83.7 Å². The van der Waals surface area contributed by atoms with E-state index in [4.69, 9.17) is 19.7 Å². The molecule has 2 amide bonds. The third kappa shape index (κ3) is 9.19. The van der Waals surface area contributed by atoms with Gasteiger partial charge in [0.15, 0.2) is 0 Å². The lowest BCUT2D eigenvalue weighted by Gasteiger charge is -2.26. The van der Waals surface area contributed by atoms with E-state index in [1.165, 1.54) is 23.9 Å². The minimum absolute atomic E-state index is 0.0310. The first kappa shape index (κ1) is 22.0. The van der Waals surface area contributed by atoms with Crippen molar-refractivity contribution in [2.24, 2.45) is 0 Å². The summed E-state index contributed by atoms with van der Waals surface area (Å²) in [6, 6.07) is 0. The van der Waals surface area contributed by atoms with Gasteiger partial charge in [0.2, 0.25) is 6.10 Å². The molecular formula is C15H28N2O7. The molecule has 0 saturated heterocycles. The van der Waals surface area contributed by atoms with Crippen LogP contribution in [-0.2, 0) is 14.3 Å². The highest BCUT2D eigenvalue weighted by atomic mass is 16.6. The number of carbonyl (C=O) groups is 3. The van der Waals surface area contributed by atoms with E-state index >= 15 is 0 Å². The van der Waals surface area contributed by atoms with E-state index in [0.717, 1.165) is 0 Å². The molecule has 0 rings (SSSR count). The number of amides is 2. The molecule has 0 radical (unpaired) electrons. The SMILES string of the molecule is CN(CCN(C)C(=O)OC(C)(C)C)C(=O)OC(CCCO)C(=O)O. The third-order valence-electron chi connectivity index (χ3n) is 2.93. The molecule has 9 nitrogen and oxygen atoms in total. The maximum atomic E-state index is 11.9. The fourth-order valence-corrected chi connectivity index (χ4v) is 1.54. The largest absolute Gasteiger partial charge is 0.479 e. The Labute approximate surface area is 142 Å². The second kappa shape index (κ2) is 9.96. The molecule has 1 unspecified atom stereocenters. The van der Waals surface area contributed by atoms with Crippen LogP contribution in [0.25, 0.3) is 0 Å². The number of likely N-dealkylation sites (N-methyl/N-ethyl adjacent to an activating group) is 2. The van der Waals surface area contributed by atoms with Gasteiger partial charge in [0.1, 0.15) is 5.60 Å². The Morgan fingerprint density at radius 2 is 1.54 bits per heavy atom. The zero-order valence-electron chi connectivity index (χ0n) is 14.9. The molecule has 1 atom stereocenters. The second-order valence-electron chi connectivity index (χ2n) is 6.40. The quantitative estimate of drug-likeness (QED) is 0.675. The van der Waals surface area contributed by atoms with E-state index in [1.54, 1.807) is 20.8 Å². The number of carboxylic acid groups (broad SMARTS) is 1. The van der Waals surface area contributed by atoms with Crippen molar-refractivity contribution in [3.63, 3.8) is 0 Å². The Morgan fingerprint density at radius 3 is 1.96 bits per heavy atom. The average Bonchev–Trinajstić information content (AvgIpc) is 2.46. The maximum absolute atomic E-state index is 11.9. The van der Waals surface area contributed by atoms with Crippen LogP contribution < -0.4 is 0 Å². The monoisotopic (exact) mass is 348 g/mol. The van der Waals surface area contributed by atoms with E-state index in [9.17, 15) is 14.4 Å². The highest BCUT2D eigenvalue weighted by Gasteiger charge is 2.24. The van der Waals surface area contributed by atoms with Gasteiger partial charge in [0.25, 0.3) is 0 Å². The van der Waals surface area contributed by atoms with Crippen molar-refractivity contribution in [3.05, 3.63) is 0 Å². The summed E-state index contributed by atoms with van der Waals surface area (Å²) in [6.07, 6.45) is -2.39. The van der Waals surface area contributed by atoms with Crippen LogP contribution in [0.4, 0.5) is 9.59 Å². The maximum Gasteiger partial charge on any atom is 0.410 e. The lowest BCUT2D eigenvalue weighted by atomic mass is 10.2. The van der Waals surface area contributed by atoms with Gasteiger partial charge in [-0.1, -0.05) is 0 Å². The fraction of sp³-hybridized carbons (Fsp3) is 0.800. The Bertz CT molecular complexity index is 434. The predicted octanol–water partition coefficient (Wildman–Crippen LogP) is 1.15. The van der Waals surface area contributed by atoms with Crippen molar-refractivity contribution in [2.45, 2.75) is 45.3 Å². The standard InChI is InChI=1S/C15H28N2O7/c1-15(2,3)24-14(22)17(5)9-8-16(4)13(21)23-11(12(19)20)7-6-10-18/h11,18H,6-10H2,1-5H3,(H,19,20). The Balaban J connectivity index is 4.39. The lowest BCUT2D eigenvalue weighted by molar-refractivity contribution is -0.147. The van der Waals surface area contributed by atoms with E-state index < -0.39 is 29.9 Å². The number of ether oxygens (including phenoxy) is 2. The van der Waals surface area contributed by atoms with Gasteiger partial charge in [0.05, 0.1) is 0 Å². The average molecular weight is 348 g/mol. The lowest BCUT2D eigenvalue weighted by Crippen LogP contribution is -2.41. The van der Waals surface area contributed by atoms with Crippen LogP contribution in [0, 0.1) is 0 Å². The molecule has 0 spiro atoms. The summed E-state index contributed by atoms with van der Waals surface area (Å²) < 4.78 is 10.1. The van der Waals surface area contributed by atoms with Crippen molar-refractivity contribution in [3.8, 4) is 0 Å². The topological polar surface area (TPSA) is 117 Å². The van der Waals surface area contributed by atoms with Gasteiger partial charge in [-0.05, 0) is 33.6 Å². The van der Waals surface area contributed by atoms with Gasteiger partial charge in [-0.3, -0.25) is 0 Å². The molecule has 0 heterocycles. The Hall–Kier alpha value is -2.03. The smallest absolute Gasteiger partial charge is 0.410 e. The number of hydrogen-bond acceptors (Lipinski definition) is 6. The molecule has 24 heavy (non-hydrogen) atoms. The number of carbonyl (C=O) groups excluding carboxylic acids is 2. The number of aliphatic carboxylic acids is 1. The van der Waals surface area contributed by atoms with Crippen LogP contribution in [0.1, 0.15) is 33.6 Å². The van der Waals surface area contributed by atoms with Crippen molar-refractivity contribution < 1.29 is 34.1 Å². The number of aliphatic hydroxyl groups is 1. The van der Waals surface area contributed by atoms with Crippen LogP contribution >= 0.6 is 0 Å². The summed E-state index contributed by atoms with van der Waals surface area (Å²) in [5, 5.41) is 17.7. The molecule has 0 aliphatic carbocycles. The Morgan fingerprint density at radius 1 is 1.04 bits per heavy atom. The molecule has 0 aliphatic rings. The van der Waals surface area contributed by atoms with Gasteiger partial charge in [-0.2, -0.15) is 0 Å². The van der Waals surface area contributed by atoms with Gasteiger partial charge >= 0.3 is 18.2 Å². The van der Waals surface area contributed by atoms with Crippen molar-refractivity contribution in [1.29, 1.82) is 0 Å². The summed E-state index contributed by atoms with van der Waals surface area (Å²) in [5.74, 6) is -1.27. The van der Waals surface area contributed by atoms with Crippen LogP contribution in [0.3, 0.4) is 0 Å². The van der Waals surface area contributed by atoms with Gasteiger partial charge in [0, 0.05) is 33.8 Å². The van der Waals surface area contributed by atoms with Crippen molar-refractivity contribution in [2.75, 3.05) is 33.8 Å². The first-order chi connectivity index (χ1) is 11.0. The van der Waals surface area contributed by atoms with E-state index in [2.05, 4.69) is 0 Å². The van der Waals surface area contributed by atoms with Crippen LogP contribution in [0.2, 0.25) is 0 Å². The minimum atomic E-state index is -1.31. The summed E-state index contributed by atoms with van der Waals surface area (Å²) in [6.45, 7) is 5.43. The van der Waals surface area contributed by atoms with E-state index in [-0.39, 0.29) is 32.5 Å². The summed E-state index contributed by atoms with van der Waals surface area (Å²) >= 11 is 0. The zero-order valence-corrected chi connectivity index (χ0v) is 14.9. The van der Waals surface area contributed by atoms with E-state index in [0.29, 0.717) is 0 Å². The molecule has 9 heteroatoms. The molecule has 0 aromatic rings. The molecule has 0 fully saturated rings. The predicted molar refractivity (Wildman–Crippen MR) is 85.7 cm³/mol. The van der Waals surface area contributed by atoms with Gasteiger partial charge in [-0.25, -0.2) is 14.4 Å². The number of hydrogen-bond donors (Lipinski definition) is 2. The molecule has 2 N–H and O–H groups in total. The number of nitrogens with zero attached hydrogens (tertiary/aromatic N) is 2. The van der Waals surface area contributed by atoms with Crippen molar-refractivity contribution >= 4 is 18.2 Å². The highest BCUT2D eigenvalue weighted by molar-refractivity contribution is 5.77.